The Kier molecular flexibility index (Phi) is 4.57. The van der Waals surface area contributed by atoms with Gasteiger partial charge in [-0.15, -0.1) is 0 Å². The van der Waals surface area contributed by atoms with E-state index >= 15 is 0 Å². The van der Waals surface area contributed by atoms with Crippen molar-refractivity contribution in [3.8, 4) is 0 Å². The smallest absolute Gasteiger partial charge is 0.160 e. The number of hydrogen-bond donors (Lipinski definition) is 2. The van der Waals surface area contributed by atoms with E-state index in [2.05, 4.69) is 5.32 Å². The molecule has 1 aromatic carbocycles. The number of halogens is 2. The van der Waals surface area contributed by atoms with Gasteiger partial charge < -0.3 is 15.3 Å². The molecule has 0 unspecified atom stereocenters. The van der Waals surface area contributed by atoms with Gasteiger partial charge in [-0.25, -0.2) is 17.2 Å². The standard InChI is InChI=1S/C15H20F2N2O3S/c16-12-2-1-11(7-13(12)17)19-5-3-10(4-6-19)18-14-8-23(21,22)9-15(14)20/h1-2,7,10,14-15,18,20H,3-6,8-9H2/t14-,15-/m1/s1. The zero-order valence-electron chi connectivity index (χ0n) is 12.6. The molecule has 5 nitrogen and oxygen atoms in total. The largest absolute Gasteiger partial charge is 0.390 e. The minimum atomic E-state index is -3.16. The van der Waals surface area contributed by atoms with Gasteiger partial charge in [0.15, 0.2) is 21.5 Å². The molecule has 0 spiro atoms. The molecule has 1 aromatic rings. The lowest BCUT2D eigenvalue weighted by atomic mass is 10.0. The SMILES string of the molecule is O=S1(=O)C[C@@H](O)[C@H](NC2CCN(c3ccc(F)c(F)c3)CC2)C1. The van der Waals surface area contributed by atoms with E-state index in [1.54, 1.807) is 6.07 Å². The van der Waals surface area contributed by atoms with E-state index in [1.807, 2.05) is 4.90 Å². The molecule has 0 aliphatic carbocycles. The topological polar surface area (TPSA) is 69.6 Å². The fourth-order valence-corrected chi connectivity index (χ4v) is 5.03. The van der Waals surface area contributed by atoms with Gasteiger partial charge in [0.1, 0.15) is 0 Å². The molecule has 2 N–H and O–H groups in total. The lowest BCUT2D eigenvalue weighted by Gasteiger charge is -2.35. The van der Waals surface area contributed by atoms with Crippen LogP contribution in [0.4, 0.5) is 14.5 Å². The summed E-state index contributed by atoms with van der Waals surface area (Å²) in [6.45, 7) is 1.33. The normalized spacial score (nSPS) is 28.2. The van der Waals surface area contributed by atoms with Gasteiger partial charge in [-0.3, -0.25) is 0 Å². The van der Waals surface area contributed by atoms with Gasteiger partial charge in [-0.05, 0) is 25.0 Å². The lowest BCUT2D eigenvalue weighted by molar-refractivity contribution is 0.155. The minimum Gasteiger partial charge on any atom is -0.390 e. The highest BCUT2D eigenvalue weighted by atomic mass is 32.2. The fourth-order valence-electron chi connectivity index (χ4n) is 3.28. The van der Waals surface area contributed by atoms with E-state index < -0.39 is 33.6 Å². The summed E-state index contributed by atoms with van der Waals surface area (Å²) >= 11 is 0. The average molecular weight is 346 g/mol. The van der Waals surface area contributed by atoms with Crippen LogP contribution < -0.4 is 10.2 Å². The van der Waals surface area contributed by atoms with Gasteiger partial charge in [-0.1, -0.05) is 0 Å². The maximum atomic E-state index is 13.3. The van der Waals surface area contributed by atoms with Crippen LogP contribution in [0, 0.1) is 11.6 Å². The Morgan fingerprint density at radius 3 is 2.39 bits per heavy atom. The molecule has 2 fully saturated rings. The lowest BCUT2D eigenvalue weighted by Crippen LogP contribution is -2.49. The van der Waals surface area contributed by atoms with Crippen molar-refractivity contribution < 1.29 is 22.3 Å². The van der Waals surface area contributed by atoms with Gasteiger partial charge in [0.2, 0.25) is 0 Å². The van der Waals surface area contributed by atoms with Crippen molar-refractivity contribution in [1.82, 2.24) is 5.32 Å². The quantitative estimate of drug-likeness (QED) is 0.842. The van der Waals surface area contributed by atoms with Crippen LogP contribution in [-0.4, -0.2) is 56.3 Å². The maximum absolute atomic E-state index is 13.3. The van der Waals surface area contributed by atoms with Crippen LogP contribution in [0.5, 0.6) is 0 Å². The molecule has 128 valence electrons. The molecule has 2 saturated heterocycles. The first-order valence-corrected chi connectivity index (χ1v) is 9.51. The van der Waals surface area contributed by atoms with Gasteiger partial charge in [0, 0.05) is 36.9 Å². The molecule has 0 radical (unpaired) electrons. The number of anilines is 1. The Hall–Kier alpha value is -1.25. The minimum absolute atomic E-state index is 0.0302. The Morgan fingerprint density at radius 1 is 1.13 bits per heavy atom. The van der Waals surface area contributed by atoms with Crippen molar-refractivity contribution in [2.75, 3.05) is 29.5 Å². The molecular formula is C15H20F2N2O3S. The zero-order chi connectivity index (χ0) is 16.6. The number of benzene rings is 1. The summed E-state index contributed by atoms with van der Waals surface area (Å²) in [5.74, 6) is -1.93. The average Bonchev–Trinajstić information content (AvgIpc) is 2.75. The van der Waals surface area contributed by atoms with Crippen molar-refractivity contribution >= 4 is 15.5 Å². The maximum Gasteiger partial charge on any atom is 0.160 e. The van der Waals surface area contributed by atoms with Crippen LogP contribution in [0.1, 0.15) is 12.8 Å². The van der Waals surface area contributed by atoms with E-state index in [9.17, 15) is 22.3 Å². The summed E-state index contributed by atoms with van der Waals surface area (Å²) < 4.78 is 49.3. The van der Waals surface area contributed by atoms with Crippen molar-refractivity contribution in [2.24, 2.45) is 0 Å². The molecule has 0 amide bonds. The number of nitrogens with one attached hydrogen (secondary N) is 1. The third-order valence-electron chi connectivity index (χ3n) is 4.54. The highest BCUT2D eigenvalue weighted by Gasteiger charge is 2.37. The van der Waals surface area contributed by atoms with Gasteiger partial charge in [0.05, 0.1) is 17.6 Å². The molecule has 2 heterocycles. The zero-order valence-corrected chi connectivity index (χ0v) is 13.4. The number of rotatable bonds is 3. The van der Waals surface area contributed by atoms with Crippen LogP contribution in [0.2, 0.25) is 0 Å². The van der Waals surface area contributed by atoms with Gasteiger partial charge in [-0.2, -0.15) is 0 Å². The number of nitrogens with zero attached hydrogens (tertiary/aromatic N) is 1. The van der Waals surface area contributed by atoms with Gasteiger partial charge >= 0.3 is 0 Å². The first-order valence-electron chi connectivity index (χ1n) is 7.68. The van der Waals surface area contributed by atoms with Crippen LogP contribution in [-0.2, 0) is 9.84 Å². The Bertz CT molecular complexity index is 675. The number of aliphatic hydroxyl groups is 1. The first-order chi connectivity index (χ1) is 10.8. The molecule has 2 aliphatic rings. The summed E-state index contributed by atoms with van der Waals surface area (Å²) in [7, 11) is -3.16. The van der Waals surface area contributed by atoms with E-state index in [-0.39, 0.29) is 17.5 Å². The predicted octanol–water partition coefficient (Wildman–Crippen LogP) is 0.681. The second kappa shape index (κ2) is 6.33. The van der Waals surface area contributed by atoms with E-state index in [0.717, 1.165) is 18.9 Å². The Balaban J connectivity index is 1.55. The molecule has 2 atom stereocenters. The number of aliphatic hydroxyl groups excluding tert-OH is 1. The number of piperidine rings is 1. The third kappa shape index (κ3) is 3.81. The monoisotopic (exact) mass is 346 g/mol. The van der Waals surface area contributed by atoms with Crippen molar-refractivity contribution in [1.29, 1.82) is 0 Å². The van der Waals surface area contributed by atoms with Crippen LogP contribution in [0.25, 0.3) is 0 Å². The van der Waals surface area contributed by atoms with E-state index in [0.29, 0.717) is 18.8 Å². The number of hydrogen-bond acceptors (Lipinski definition) is 5. The highest BCUT2D eigenvalue weighted by molar-refractivity contribution is 7.91. The summed E-state index contributed by atoms with van der Waals surface area (Å²) in [6.07, 6.45) is 0.647. The molecule has 3 rings (SSSR count). The fraction of sp³-hybridized carbons (Fsp3) is 0.600. The van der Waals surface area contributed by atoms with Crippen LogP contribution in [0.3, 0.4) is 0 Å². The molecule has 0 aromatic heterocycles. The molecule has 23 heavy (non-hydrogen) atoms. The second-order valence-corrected chi connectivity index (χ2v) is 8.43. The summed E-state index contributed by atoms with van der Waals surface area (Å²) in [4.78, 5) is 1.97. The van der Waals surface area contributed by atoms with E-state index in [1.165, 1.54) is 6.07 Å². The summed E-state index contributed by atoms with van der Waals surface area (Å²) in [5.41, 5.74) is 0.644. The Labute approximate surface area is 134 Å². The molecular weight excluding hydrogens is 326 g/mol. The summed E-state index contributed by atoms with van der Waals surface area (Å²) in [5, 5.41) is 13.0. The highest BCUT2D eigenvalue weighted by Crippen LogP contribution is 2.23. The molecule has 8 heteroatoms. The molecule has 0 saturated carbocycles. The number of sulfone groups is 1. The molecule has 2 aliphatic heterocycles. The predicted molar refractivity (Wildman–Crippen MR) is 83.2 cm³/mol. The van der Waals surface area contributed by atoms with Crippen molar-refractivity contribution in [2.45, 2.75) is 31.0 Å². The van der Waals surface area contributed by atoms with Crippen LogP contribution in [0.15, 0.2) is 18.2 Å². The summed E-state index contributed by atoms with van der Waals surface area (Å²) in [6, 6.07) is 3.56. The van der Waals surface area contributed by atoms with Crippen LogP contribution >= 0.6 is 0 Å². The van der Waals surface area contributed by atoms with Gasteiger partial charge in [0.25, 0.3) is 0 Å². The van der Waals surface area contributed by atoms with Crippen molar-refractivity contribution in [3.63, 3.8) is 0 Å². The first kappa shape index (κ1) is 16.6. The third-order valence-corrected chi connectivity index (χ3v) is 6.25. The second-order valence-electron chi connectivity index (χ2n) is 6.28. The Morgan fingerprint density at radius 2 is 1.83 bits per heavy atom. The van der Waals surface area contributed by atoms with E-state index in [4.69, 9.17) is 0 Å². The van der Waals surface area contributed by atoms with Crippen molar-refractivity contribution in [3.05, 3.63) is 29.8 Å². The molecule has 0 bridgehead atoms.